The number of thiocarbonyl (C=S) groups is 1. The third kappa shape index (κ3) is 2.89. The standard InChI is InChI=1S/C20H23N3OS/c1-6-22-19(24)17(21-20(22)25)11-16-10-13(3)23(15(16)5)18-9-7-8-12(2)14(18)4/h7-11H,6H2,1-5H3,(H,21,25). The van der Waals surface area contributed by atoms with Gasteiger partial charge in [0, 0.05) is 23.6 Å². The first-order valence-electron chi connectivity index (χ1n) is 8.45. The van der Waals surface area contributed by atoms with Crippen molar-refractivity contribution in [2.45, 2.75) is 34.6 Å². The van der Waals surface area contributed by atoms with Crippen LogP contribution >= 0.6 is 12.2 Å². The van der Waals surface area contributed by atoms with Crippen LogP contribution in [0.1, 0.15) is 35.0 Å². The molecule has 0 bridgehead atoms. The molecule has 1 saturated heterocycles. The average Bonchev–Trinajstić information content (AvgIpc) is 2.99. The van der Waals surface area contributed by atoms with E-state index in [0.717, 1.165) is 17.0 Å². The van der Waals surface area contributed by atoms with Crippen molar-refractivity contribution in [3.8, 4) is 5.69 Å². The molecule has 0 saturated carbocycles. The number of carbonyl (C=O) groups excluding carboxylic acids is 1. The number of hydrogen-bond acceptors (Lipinski definition) is 2. The van der Waals surface area contributed by atoms with Crippen molar-refractivity contribution >= 4 is 29.3 Å². The van der Waals surface area contributed by atoms with E-state index in [0.29, 0.717) is 17.4 Å². The molecule has 1 aromatic heterocycles. The van der Waals surface area contributed by atoms with Crippen molar-refractivity contribution in [3.63, 3.8) is 0 Å². The van der Waals surface area contributed by atoms with Gasteiger partial charge in [0.2, 0.25) is 0 Å². The second-order valence-electron chi connectivity index (χ2n) is 6.42. The fraction of sp³-hybridized carbons (Fsp3) is 0.300. The van der Waals surface area contributed by atoms with Crippen LogP contribution in [0.3, 0.4) is 0 Å². The minimum Gasteiger partial charge on any atom is -0.328 e. The largest absolute Gasteiger partial charge is 0.328 e. The quantitative estimate of drug-likeness (QED) is 0.674. The molecule has 3 rings (SSSR count). The highest BCUT2D eigenvalue weighted by Crippen LogP contribution is 2.26. The molecule has 0 atom stereocenters. The Morgan fingerprint density at radius 1 is 1.20 bits per heavy atom. The van der Waals surface area contributed by atoms with E-state index in [1.165, 1.54) is 16.8 Å². The summed E-state index contributed by atoms with van der Waals surface area (Å²) in [4.78, 5) is 14.0. The maximum absolute atomic E-state index is 12.4. The van der Waals surface area contributed by atoms with Gasteiger partial charge in [-0.15, -0.1) is 0 Å². The van der Waals surface area contributed by atoms with Gasteiger partial charge in [0.15, 0.2) is 5.11 Å². The predicted octanol–water partition coefficient (Wildman–Crippen LogP) is 3.79. The number of nitrogens with zero attached hydrogens (tertiary/aromatic N) is 2. The number of benzene rings is 1. The Balaban J connectivity index is 2.07. The van der Waals surface area contributed by atoms with E-state index in [4.69, 9.17) is 12.2 Å². The first kappa shape index (κ1) is 17.4. The van der Waals surface area contributed by atoms with E-state index in [2.05, 4.69) is 61.8 Å². The lowest BCUT2D eigenvalue weighted by molar-refractivity contribution is -0.122. The van der Waals surface area contributed by atoms with Crippen LogP contribution in [0.25, 0.3) is 11.8 Å². The van der Waals surface area contributed by atoms with Crippen LogP contribution < -0.4 is 5.32 Å². The number of hydrogen-bond donors (Lipinski definition) is 1. The van der Waals surface area contributed by atoms with Gasteiger partial charge in [-0.05, 0) is 81.7 Å². The first-order valence-corrected chi connectivity index (χ1v) is 8.86. The number of rotatable bonds is 3. The smallest absolute Gasteiger partial charge is 0.276 e. The summed E-state index contributed by atoms with van der Waals surface area (Å²) in [6, 6.07) is 8.44. The molecule has 2 heterocycles. The van der Waals surface area contributed by atoms with Crippen LogP contribution in [0.15, 0.2) is 30.0 Å². The molecule has 25 heavy (non-hydrogen) atoms. The van der Waals surface area contributed by atoms with Gasteiger partial charge in [-0.1, -0.05) is 12.1 Å². The topological polar surface area (TPSA) is 37.3 Å². The number of aryl methyl sites for hydroxylation is 2. The predicted molar refractivity (Wildman–Crippen MR) is 106 cm³/mol. The number of carbonyl (C=O) groups is 1. The molecule has 1 fully saturated rings. The zero-order valence-corrected chi connectivity index (χ0v) is 16.1. The molecule has 1 aliphatic heterocycles. The summed E-state index contributed by atoms with van der Waals surface area (Å²) < 4.78 is 2.24. The van der Waals surface area contributed by atoms with Gasteiger partial charge in [0.1, 0.15) is 5.70 Å². The molecule has 5 heteroatoms. The fourth-order valence-electron chi connectivity index (χ4n) is 3.30. The number of nitrogens with one attached hydrogen (secondary N) is 1. The van der Waals surface area contributed by atoms with E-state index in [1.807, 2.05) is 13.0 Å². The van der Waals surface area contributed by atoms with Crippen molar-refractivity contribution in [1.29, 1.82) is 0 Å². The third-order valence-corrected chi connectivity index (χ3v) is 5.19. The normalized spacial score (nSPS) is 16.0. The number of amides is 1. The zero-order valence-electron chi connectivity index (χ0n) is 15.3. The van der Waals surface area contributed by atoms with E-state index < -0.39 is 0 Å². The van der Waals surface area contributed by atoms with Gasteiger partial charge in [0.25, 0.3) is 5.91 Å². The molecule has 0 spiro atoms. The van der Waals surface area contributed by atoms with Crippen LogP contribution in [0.4, 0.5) is 0 Å². The Morgan fingerprint density at radius 3 is 2.56 bits per heavy atom. The van der Waals surface area contributed by atoms with E-state index in [9.17, 15) is 4.79 Å². The highest BCUT2D eigenvalue weighted by atomic mass is 32.1. The summed E-state index contributed by atoms with van der Waals surface area (Å²) in [5.74, 6) is -0.0657. The maximum atomic E-state index is 12.4. The molecule has 0 radical (unpaired) electrons. The van der Waals surface area contributed by atoms with Crippen LogP contribution in [-0.2, 0) is 4.79 Å². The lowest BCUT2D eigenvalue weighted by Crippen LogP contribution is -2.30. The highest BCUT2D eigenvalue weighted by molar-refractivity contribution is 7.80. The van der Waals surface area contributed by atoms with Crippen molar-refractivity contribution in [3.05, 3.63) is 58.0 Å². The lowest BCUT2D eigenvalue weighted by atomic mass is 10.1. The molecule has 1 N–H and O–H groups in total. The highest BCUT2D eigenvalue weighted by Gasteiger charge is 2.29. The maximum Gasteiger partial charge on any atom is 0.276 e. The fourth-order valence-corrected chi connectivity index (χ4v) is 3.62. The van der Waals surface area contributed by atoms with E-state index in [-0.39, 0.29) is 5.91 Å². The van der Waals surface area contributed by atoms with Crippen molar-refractivity contribution in [2.75, 3.05) is 6.54 Å². The molecule has 0 unspecified atom stereocenters. The second-order valence-corrected chi connectivity index (χ2v) is 6.81. The SMILES string of the molecule is CCN1C(=O)C(=Cc2cc(C)n(-c3cccc(C)c3C)c2C)NC1=S. The Labute approximate surface area is 154 Å². The van der Waals surface area contributed by atoms with Gasteiger partial charge in [-0.2, -0.15) is 0 Å². The summed E-state index contributed by atoms with van der Waals surface area (Å²) in [5, 5.41) is 3.50. The van der Waals surface area contributed by atoms with E-state index >= 15 is 0 Å². The Hall–Kier alpha value is -2.40. The van der Waals surface area contributed by atoms with Crippen LogP contribution in [-0.4, -0.2) is 27.0 Å². The van der Waals surface area contributed by atoms with Gasteiger partial charge in [0.05, 0.1) is 0 Å². The van der Waals surface area contributed by atoms with Crippen LogP contribution in [0.5, 0.6) is 0 Å². The Bertz CT molecular complexity index is 908. The molecule has 0 aliphatic carbocycles. The molecule has 1 amide bonds. The summed E-state index contributed by atoms with van der Waals surface area (Å²) in [6.07, 6.45) is 1.90. The molecule has 4 nitrogen and oxygen atoms in total. The average molecular weight is 353 g/mol. The van der Waals surface area contributed by atoms with Gasteiger partial charge in [-0.3, -0.25) is 9.69 Å². The van der Waals surface area contributed by atoms with Crippen LogP contribution in [0.2, 0.25) is 0 Å². The Kier molecular flexibility index (Phi) is 4.52. The zero-order chi connectivity index (χ0) is 18.3. The summed E-state index contributed by atoms with van der Waals surface area (Å²) in [5.41, 5.74) is 7.50. The van der Waals surface area contributed by atoms with Gasteiger partial charge in [-0.25, -0.2) is 0 Å². The minimum absolute atomic E-state index is 0.0657. The molecule has 1 aromatic carbocycles. The number of likely N-dealkylation sites (N-methyl/N-ethyl adjacent to an activating group) is 1. The van der Waals surface area contributed by atoms with Crippen molar-refractivity contribution < 1.29 is 4.79 Å². The summed E-state index contributed by atoms with van der Waals surface area (Å²) >= 11 is 5.23. The lowest BCUT2D eigenvalue weighted by Gasteiger charge is -2.14. The third-order valence-electron chi connectivity index (χ3n) is 4.87. The summed E-state index contributed by atoms with van der Waals surface area (Å²) in [6.45, 7) is 10.9. The van der Waals surface area contributed by atoms with Crippen molar-refractivity contribution in [1.82, 2.24) is 14.8 Å². The molecule has 130 valence electrons. The second kappa shape index (κ2) is 6.48. The first-order chi connectivity index (χ1) is 11.8. The van der Waals surface area contributed by atoms with Crippen LogP contribution in [0, 0.1) is 27.7 Å². The van der Waals surface area contributed by atoms with E-state index in [1.54, 1.807) is 4.90 Å². The molecule has 1 aliphatic rings. The molecular weight excluding hydrogens is 330 g/mol. The minimum atomic E-state index is -0.0657. The summed E-state index contributed by atoms with van der Waals surface area (Å²) in [7, 11) is 0. The molecular formula is C20H23N3OS. The molecule has 2 aromatic rings. The Morgan fingerprint density at radius 2 is 1.92 bits per heavy atom. The van der Waals surface area contributed by atoms with Gasteiger partial charge >= 0.3 is 0 Å². The monoisotopic (exact) mass is 353 g/mol. The van der Waals surface area contributed by atoms with Crippen molar-refractivity contribution in [2.24, 2.45) is 0 Å². The van der Waals surface area contributed by atoms with Gasteiger partial charge < -0.3 is 9.88 Å². The number of aromatic nitrogens is 1.